The van der Waals surface area contributed by atoms with Crippen molar-refractivity contribution < 1.29 is 28.6 Å². The number of urea groups is 1. The molecular weight excluding hydrogens is 250 g/mol. The van der Waals surface area contributed by atoms with Gasteiger partial charge in [0.25, 0.3) is 6.43 Å². The van der Waals surface area contributed by atoms with Crippen LogP contribution in [0.2, 0.25) is 0 Å². The number of benzene rings is 1. The fraction of sp³-hybridized carbons (Fsp3) is 0.200. The summed E-state index contributed by atoms with van der Waals surface area (Å²) in [7, 11) is 0. The first-order valence-electron chi connectivity index (χ1n) is 4.79. The molecule has 0 radical (unpaired) electrons. The maximum Gasteiger partial charge on any atom is 0.339 e. The lowest BCUT2D eigenvalue weighted by atomic mass is 10.2. The van der Waals surface area contributed by atoms with Crippen molar-refractivity contribution in [2.75, 3.05) is 11.9 Å². The highest BCUT2D eigenvalue weighted by molar-refractivity contribution is 5.93. The fourth-order valence-electron chi connectivity index (χ4n) is 1.14. The molecule has 8 heteroatoms. The van der Waals surface area contributed by atoms with Crippen molar-refractivity contribution >= 4 is 17.7 Å². The number of phenols is 1. The molecule has 0 saturated heterocycles. The zero-order chi connectivity index (χ0) is 13.7. The Morgan fingerprint density at radius 3 is 2.50 bits per heavy atom. The maximum atomic E-state index is 11.8. The third kappa shape index (κ3) is 3.89. The van der Waals surface area contributed by atoms with Crippen LogP contribution in [-0.2, 0) is 0 Å². The summed E-state index contributed by atoms with van der Waals surface area (Å²) in [6.45, 7) is -0.801. The molecule has 0 aromatic heterocycles. The lowest BCUT2D eigenvalue weighted by molar-refractivity contribution is 0.0693. The van der Waals surface area contributed by atoms with Gasteiger partial charge in [-0.05, 0) is 12.1 Å². The summed E-state index contributed by atoms with van der Waals surface area (Å²) in [6.07, 6.45) is -2.67. The minimum absolute atomic E-state index is 0.0873. The van der Waals surface area contributed by atoms with Crippen LogP contribution < -0.4 is 10.6 Å². The molecule has 0 fully saturated rings. The third-order valence-corrected chi connectivity index (χ3v) is 1.90. The Hall–Kier alpha value is -2.38. The van der Waals surface area contributed by atoms with Gasteiger partial charge >= 0.3 is 12.0 Å². The molecule has 1 aromatic carbocycles. The molecule has 0 atom stereocenters. The molecule has 0 heterocycles. The van der Waals surface area contributed by atoms with Crippen molar-refractivity contribution in [3.63, 3.8) is 0 Å². The highest BCUT2D eigenvalue weighted by Gasteiger charge is 2.11. The number of carboxylic acid groups (broad SMARTS) is 1. The number of aromatic carboxylic acids is 1. The van der Waals surface area contributed by atoms with Gasteiger partial charge in [-0.15, -0.1) is 0 Å². The van der Waals surface area contributed by atoms with Crippen molar-refractivity contribution in [2.24, 2.45) is 0 Å². The van der Waals surface area contributed by atoms with Crippen molar-refractivity contribution in [3.05, 3.63) is 23.8 Å². The van der Waals surface area contributed by atoms with Crippen LogP contribution in [0.4, 0.5) is 19.3 Å². The Bertz CT molecular complexity index is 465. The highest BCUT2D eigenvalue weighted by atomic mass is 19.3. The number of carbonyl (C=O) groups is 2. The molecule has 6 nitrogen and oxygen atoms in total. The summed E-state index contributed by atoms with van der Waals surface area (Å²) >= 11 is 0. The number of alkyl halides is 2. The molecule has 98 valence electrons. The largest absolute Gasteiger partial charge is 0.507 e. The van der Waals surface area contributed by atoms with E-state index in [1.165, 1.54) is 6.07 Å². The first-order valence-corrected chi connectivity index (χ1v) is 4.79. The number of hydrogen-bond donors (Lipinski definition) is 4. The van der Waals surface area contributed by atoms with E-state index in [1.54, 1.807) is 0 Å². The van der Waals surface area contributed by atoms with Crippen LogP contribution in [0.1, 0.15) is 10.4 Å². The van der Waals surface area contributed by atoms with Crippen LogP contribution in [0.3, 0.4) is 0 Å². The molecule has 18 heavy (non-hydrogen) atoms. The SMILES string of the molecule is O=C(NCC(F)F)Nc1ccc(C(=O)O)c(O)c1. The van der Waals surface area contributed by atoms with E-state index in [4.69, 9.17) is 5.11 Å². The Balaban J connectivity index is 2.66. The molecule has 0 unspecified atom stereocenters. The number of rotatable bonds is 4. The minimum atomic E-state index is -2.67. The van der Waals surface area contributed by atoms with Gasteiger partial charge in [-0.2, -0.15) is 0 Å². The summed E-state index contributed by atoms with van der Waals surface area (Å²) in [6, 6.07) is 2.44. The van der Waals surface area contributed by atoms with Crippen LogP contribution in [0.25, 0.3) is 0 Å². The van der Waals surface area contributed by atoms with Gasteiger partial charge < -0.3 is 20.8 Å². The van der Waals surface area contributed by atoms with E-state index < -0.39 is 30.7 Å². The van der Waals surface area contributed by atoms with E-state index in [-0.39, 0.29) is 11.3 Å². The second-order valence-electron chi connectivity index (χ2n) is 3.26. The lowest BCUT2D eigenvalue weighted by Gasteiger charge is -2.08. The van der Waals surface area contributed by atoms with Gasteiger partial charge in [-0.1, -0.05) is 0 Å². The second-order valence-corrected chi connectivity index (χ2v) is 3.26. The number of nitrogens with one attached hydrogen (secondary N) is 2. The second kappa shape index (κ2) is 5.80. The van der Waals surface area contributed by atoms with Crippen LogP contribution in [0.5, 0.6) is 5.75 Å². The highest BCUT2D eigenvalue weighted by Crippen LogP contribution is 2.21. The third-order valence-electron chi connectivity index (χ3n) is 1.90. The van der Waals surface area contributed by atoms with E-state index in [2.05, 4.69) is 5.32 Å². The summed E-state index contributed by atoms with van der Waals surface area (Å²) < 4.78 is 23.6. The van der Waals surface area contributed by atoms with E-state index >= 15 is 0 Å². The zero-order valence-electron chi connectivity index (χ0n) is 8.98. The van der Waals surface area contributed by atoms with Gasteiger partial charge in [0.1, 0.15) is 11.3 Å². The monoisotopic (exact) mass is 260 g/mol. The first kappa shape index (κ1) is 13.7. The molecule has 0 aliphatic rings. The summed E-state index contributed by atoms with van der Waals surface area (Å²) in [5.74, 6) is -1.85. The summed E-state index contributed by atoms with van der Waals surface area (Å²) in [4.78, 5) is 21.7. The van der Waals surface area contributed by atoms with Gasteiger partial charge in [0.2, 0.25) is 0 Å². The first-order chi connectivity index (χ1) is 8.40. The number of anilines is 1. The Morgan fingerprint density at radius 2 is 2.00 bits per heavy atom. The van der Waals surface area contributed by atoms with Gasteiger partial charge in [0, 0.05) is 11.8 Å². The predicted molar refractivity (Wildman–Crippen MR) is 58.1 cm³/mol. The molecule has 2 amide bonds. The Morgan fingerprint density at radius 1 is 1.33 bits per heavy atom. The van der Waals surface area contributed by atoms with Gasteiger partial charge in [0.15, 0.2) is 0 Å². The van der Waals surface area contributed by atoms with Gasteiger partial charge in [-0.3, -0.25) is 0 Å². The molecule has 0 spiro atoms. The van der Waals surface area contributed by atoms with Crippen molar-refractivity contribution in [3.8, 4) is 5.75 Å². The van der Waals surface area contributed by atoms with Crippen LogP contribution >= 0.6 is 0 Å². The van der Waals surface area contributed by atoms with Crippen molar-refractivity contribution in [2.45, 2.75) is 6.43 Å². The van der Waals surface area contributed by atoms with E-state index in [0.29, 0.717) is 0 Å². The number of amides is 2. The standard InChI is InChI=1S/C10H10F2N2O4/c11-8(12)4-13-10(18)14-5-1-2-6(9(16)17)7(15)3-5/h1-3,8,15H,4H2,(H,16,17)(H2,13,14,18). The average Bonchev–Trinajstić information content (AvgIpc) is 2.26. The van der Waals surface area contributed by atoms with E-state index in [1.807, 2.05) is 5.32 Å². The van der Waals surface area contributed by atoms with E-state index in [0.717, 1.165) is 12.1 Å². The number of aromatic hydroxyl groups is 1. The molecule has 1 rings (SSSR count). The Labute approximate surface area is 100 Å². The molecule has 4 N–H and O–H groups in total. The quantitative estimate of drug-likeness (QED) is 0.658. The average molecular weight is 260 g/mol. The number of carboxylic acids is 1. The predicted octanol–water partition coefficient (Wildman–Crippen LogP) is 1.48. The van der Waals surface area contributed by atoms with Crippen molar-refractivity contribution in [1.29, 1.82) is 0 Å². The Kier molecular flexibility index (Phi) is 4.41. The summed E-state index contributed by atoms with van der Waals surface area (Å²) in [5, 5.41) is 22.0. The summed E-state index contributed by atoms with van der Waals surface area (Å²) in [5.41, 5.74) is -0.238. The molecule has 1 aromatic rings. The molecule has 0 aliphatic carbocycles. The molecule has 0 saturated carbocycles. The smallest absolute Gasteiger partial charge is 0.339 e. The number of hydrogen-bond acceptors (Lipinski definition) is 3. The zero-order valence-corrected chi connectivity index (χ0v) is 8.98. The maximum absolute atomic E-state index is 11.8. The topological polar surface area (TPSA) is 98.7 Å². The van der Waals surface area contributed by atoms with Crippen LogP contribution in [-0.4, -0.2) is 35.2 Å². The van der Waals surface area contributed by atoms with Crippen LogP contribution in [0.15, 0.2) is 18.2 Å². The number of carbonyl (C=O) groups excluding carboxylic acids is 1. The number of halogens is 2. The molecular formula is C10H10F2N2O4. The van der Waals surface area contributed by atoms with Crippen molar-refractivity contribution in [1.82, 2.24) is 5.32 Å². The molecule has 0 bridgehead atoms. The van der Waals surface area contributed by atoms with Gasteiger partial charge in [-0.25, -0.2) is 18.4 Å². The minimum Gasteiger partial charge on any atom is -0.507 e. The van der Waals surface area contributed by atoms with Crippen LogP contribution in [0, 0.1) is 0 Å². The van der Waals surface area contributed by atoms with Gasteiger partial charge in [0.05, 0.1) is 6.54 Å². The fourth-order valence-corrected chi connectivity index (χ4v) is 1.14. The normalized spacial score (nSPS) is 10.2. The molecule has 0 aliphatic heterocycles. The van der Waals surface area contributed by atoms with E-state index in [9.17, 15) is 23.5 Å². The lowest BCUT2D eigenvalue weighted by Crippen LogP contribution is -2.32.